The Balaban J connectivity index is 2.16. The van der Waals surface area contributed by atoms with Gasteiger partial charge in [-0.25, -0.2) is 4.79 Å². The summed E-state index contributed by atoms with van der Waals surface area (Å²) in [6.45, 7) is 0.859. The highest BCUT2D eigenvalue weighted by atomic mass is 16.4. The second-order valence-corrected chi connectivity index (χ2v) is 4.20. The number of unbranched alkanes of at least 4 members (excludes halogenated alkanes) is 2. The van der Waals surface area contributed by atoms with Gasteiger partial charge in [0.25, 0.3) is 0 Å². The molecule has 1 aromatic carbocycles. The largest absolute Gasteiger partial charge is 0.478 e. The van der Waals surface area contributed by atoms with E-state index < -0.39 is 5.97 Å². The summed E-state index contributed by atoms with van der Waals surface area (Å²) in [5.74, 6) is -0.904. The van der Waals surface area contributed by atoms with Crippen molar-refractivity contribution in [3.05, 3.63) is 36.0 Å². The molecule has 0 fully saturated rings. The molecule has 2 rings (SSSR count). The van der Waals surface area contributed by atoms with Crippen LogP contribution >= 0.6 is 0 Å². The van der Waals surface area contributed by atoms with Crippen LogP contribution in [-0.4, -0.2) is 15.6 Å². The Morgan fingerprint density at radius 1 is 1.33 bits per heavy atom. The van der Waals surface area contributed by atoms with Crippen LogP contribution in [0.1, 0.15) is 29.6 Å². The van der Waals surface area contributed by atoms with E-state index >= 15 is 0 Å². The summed E-state index contributed by atoms with van der Waals surface area (Å²) < 4.78 is 2.10. The molecule has 0 unspecified atom stereocenters. The minimum Gasteiger partial charge on any atom is -0.478 e. The number of carboxylic acid groups (broad SMARTS) is 1. The minimum absolute atomic E-state index is 0.310. The summed E-state index contributed by atoms with van der Waals surface area (Å²) in [4.78, 5) is 10.9. The number of carbonyl (C=O) groups is 1. The van der Waals surface area contributed by atoms with Gasteiger partial charge >= 0.3 is 5.97 Å². The van der Waals surface area contributed by atoms with Crippen molar-refractivity contribution < 1.29 is 9.90 Å². The smallest absolute Gasteiger partial charge is 0.335 e. The van der Waals surface area contributed by atoms with Gasteiger partial charge in [-0.05, 0) is 37.1 Å². The number of nitriles is 1. The standard InChI is InChI=1S/C14H14N2O2/c15-7-2-1-3-8-16-9-6-11-10-12(14(17)18)4-5-13(11)16/h4-6,9-10H,1-3,8H2,(H,17,18). The first-order valence-electron chi connectivity index (χ1n) is 5.91. The molecule has 4 heteroatoms. The van der Waals surface area contributed by atoms with Gasteiger partial charge in [-0.2, -0.15) is 5.26 Å². The molecule has 2 aromatic rings. The van der Waals surface area contributed by atoms with Crippen LogP contribution in [0.4, 0.5) is 0 Å². The van der Waals surface area contributed by atoms with Crippen molar-refractivity contribution in [2.24, 2.45) is 0 Å². The SMILES string of the molecule is N#CCCCCn1ccc2cc(C(=O)O)ccc21. The molecule has 0 radical (unpaired) electrons. The molecule has 18 heavy (non-hydrogen) atoms. The van der Waals surface area contributed by atoms with Gasteiger partial charge in [-0.15, -0.1) is 0 Å². The highest BCUT2D eigenvalue weighted by molar-refractivity contribution is 5.93. The van der Waals surface area contributed by atoms with Gasteiger partial charge in [-0.3, -0.25) is 0 Å². The number of aromatic nitrogens is 1. The zero-order valence-electron chi connectivity index (χ0n) is 9.97. The van der Waals surface area contributed by atoms with E-state index in [0.29, 0.717) is 12.0 Å². The lowest BCUT2D eigenvalue weighted by Gasteiger charge is -2.04. The van der Waals surface area contributed by atoms with Gasteiger partial charge in [0, 0.05) is 30.1 Å². The van der Waals surface area contributed by atoms with Crippen LogP contribution in [0, 0.1) is 11.3 Å². The van der Waals surface area contributed by atoms with Gasteiger partial charge in [0.15, 0.2) is 0 Å². The van der Waals surface area contributed by atoms with E-state index in [1.807, 2.05) is 18.3 Å². The zero-order chi connectivity index (χ0) is 13.0. The maximum atomic E-state index is 10.9. The molecule has 0 atom stereocenters. The Kier molecular flexibility index (Phi) is 3.63. The van der Waals surface area contributed by atoms with Gasteiger partial charge < -0.3 is 9.67 Å². The van der Waals surface area contributed by atoms with Crippen molar-refractivity contribution in [1.82, 2.24) is 4.57 Å². The van der Waals surface area contributed by atoms with Crippen LogP contribution in [-0.2, 0) is 6.54 Å². The Hall–Kier alpha value is -2.28. The second kappa shape index (κ2) is 5.37. The summed E-state index contributed by atoms with van der Waals surface area (Å²) in [6, 6.07) is 9.19. The van der Waals surface area contributed by atoms with E-state index in [9.17, 15) is 4.79 Å². The van der Waals surface area contributed by atoms with Crippen LogP contribution < -0.4 is 0 Å². The van der Waals surface area contributed by atoms with E-state index in [1.54, 1.807) is 12.1 Å². The number of nitrogens with zero attached hydrogens (tertiary/aromatic N) is 2. The van der Waals surface area contributed by atoms with E-state index in [1.165, 1.54) is 0 Å². The molecule has 1 heterocycles. The number of carboxylic acids is 1. The highest BCUT2D eigenvalue weighted by Gasteiger charge is 2.06. The van der Waals surface area contributed by atoms with Crippen molar-refractivity contribution in [3.8, 4) is 6.07 Å². The van der Waals surface area contributed by atoms with Crippen molar-refractivity contribution in [1.29, 1.82) is 5.26 Å². The summed E-state index contributed by atoms with van der Waals surface area (Å²) >= 11 is 0. The third-order valence-electron chi connectivity index (χ3n) is 2.96. The normalized spacial score (nSPS) is 10.4. The lowest BCUT2D eigenvalue weighted by atomic mass is 10.1. The number of hydrogen-bond donors (Lipinski definition) is 1. The van der Waals surface area contributed by atoms with Crippen LogP contribution in [0.25, 0.3) is 10.9 Å². The predicted molar refractivity (Wildman–Crippen MR) is 68.4 cm³/mol. The van der Waals surface area contributed by atoms with Crippen LogP contribution in [0.15, 0.2) is 30.5 Å². The fourth-order valence-corrected chi connectivity index (χ4v) is 2.01. The molecule has 0 spiro atoms. The second-order valence-electron chi connectivity index (χ2n) is 4.20. The summed E-state index contributed by atoms with van der Waals surface area (Å²) in [5, 5.41) is 18.3. The van der Waals surface area contributed by atoms with E-state index in [4.69, 9.17) is 10.4 Å². The molecule has 92 valence electrons. The highest BCUT2D eigenvalue weighted by Crippen LogP contribution is 2.18. The lowest BCUT2D eigenvalue weighted by molar-refractivity contribution is 0.0697. The number of aryl methyl sites for hydroxylation is 1. The zero-order valence-corrected chi connectivity index (χ0v) is 9.97. The Morgan fingerprint density at radius 3 is 2.89 bits per heavy atom. The number of benzene rings is 1. The molecule has 0 aliphatic rings. The molecule has 0 amide bonds. The molecule has 1 N–H and O–H groups in total. The topological polar surface area (TPSA) is 66.0 Å². The first-order chi connectivity index (χ1) is 8.72. The summed E-state index contributed by atoms with van der Waals surface area (Å²) in [7, 11) is 0. The van der Waals surface area contributed by atoms with E-state index in [0.717, 1.165) is 30.3 Å². The monoisotopic (exact) mass is 242 g/mol. The van der Waals surface area contributed by atoms with Gasteiger partial charge in [-0.1, -0.05) is 0 Å². The molecule has 0 bridgehead atoms. The third-order valence-corrected chi connectivity index (χ3v) is 2.96. The van der Waals surface area contributed by atoms with Crippen LogP contribution in [0.2, 0.25) is 0 Å². The molecule has 4 nitrogen and oxygen atoms in total. The predicted octanol–water partition coefficient (Wildman–Crippen LogP) is 3.03. The Labute approximate surface area is 105 Å². The van der Waals surface area contributed by atoms with Crippen molar-refractivity contribution in [2.75, 3.05) is 0 Å². The van der Waals surface area contributed by atoms with Gasteiger partial charge in [0.05, 0.1) is 11.6 Å². The Morgan fingerprint density at radius 2 is 2.17 bits per heavy atom. The molecule has 0 aliphatic carbocycles. The van der Waals surface area contributed by atoms with Crippen molar-refractivity contribution in [2.45, 2.75) is 25.8 Å². The quantitative estimate of drug-likeness (QED) is 0.819. The number of aromatic carboxylic acids is 1. The minimum atomic E-state index is -0.904. The van der Waals surface area contributed by atoms with Gasteiger partial charge in [0.1, 0.15) is 0 Å². The number of hydrogen-bond acceptors (Lipinski definition) is 2. The van der Waals surface area contributed by atoms with E-state index in [-0.39, 0.29) is 0 Å². The Bertz CT molecular complexity index is 608. The average Bonchev–Trinajstić information content (AvgIpc) is 2.77. The fraction of sp³-hybridized carbons (Fsp3) is 0.286. The summed E-state index contributed by atoms with van der Waals surface area (Å²) in [6.07, 6.45) is 4.40. The molecular formula is C14H14N2O2. The maximum Gasteiger partial charge on any atom is 0.335 e. The number of fused-ring (bicyclic) bond motifs is 1. The molecular weight excluding hydrogens is 228 g/mol. The summed E-state index contributed by atoms with van der Waals surface area (Å²) in [5.41, 5.74) is 1.35. The van der Waals surface area contributed by atoms with Crippen molar-refractivity contribution in [3.63, 3.8) is 0 Å². The molecule has 0 saturated heterocycles. The molecule has 0 aliphatic heterocycles. The molecule has 1 aromatic heterocycles. The molecule has 0 saturated carbocycles. The fourth-order valence-electron chi connectivity index (χ4n) is 2.01. The van der Waals surface area contributed by atoms with Gasteiger partial charge in [0.2, 0.25) is 0 Å². The van der Waals surface area contributed by atoms with Crippen LogP contribution in [0.3, 0.4) is 0 Å². The maximum absolute atomic E-state index is 10.9. The first-order valence-corrected chi connectivity index (χ1v) is 5.91. The van der Waals surface area contributed by atoms with E-state index in [2.05, 4.69) is 10.6 Å². The first kappa shape index (κ1) is 12.2. The lowest BCUT2D eigenvalue weighted by Crippen LogP contribution is -1.98. The van der Waals surface area contributed by atoms with Crippen LogP contribution in [0.5, 0.6) is 0 Å². The third kappa shape index (κ3) is 2.51. The van der Waals surface area contributed by atoms with Crippen molar-refractivity contribution >= 4 is 16.9 Å². The average molecular weight is 242 g/mol. The number of rotatable bonds is 5.